The van der Waals surface area contributed by atoms with Crippen LogP contribution in [0.25, 0.3) is 0 Å². The molecule has 5 heterocycles. The van der Waals surface area contributed by atoms with E-state index in [4.69, 9.17) is 16.3 Å². The molecule has 2 amide bonds. The van der Waals surface area contributed by atoms with Crippen molar-refractivity contribution in [2.75, 3.05) is 56.2 Å². The van der Waals surface area contributed by atoms with Gasteiger partial charge in [-0.3, -0.25) is 9.69 Å². The summed E-state index contributed by atoms with van der Waals surface area (Å²) in [5.74, 6) is 1.43. The monoisotopic (exact) mass is 556 g/mol. The minimum atomic E-state index is -0.204. The molecule has 212 valence electrons. The lowest BCUT2D eigenvalue weighted by Crippen LogP contribution is -2.53. The predicted octanol–water partition coefficient (Wildman–Crippen LogP) is 4.70. The van der Waals surface area contributed by atoms with Crippen LogP contribution in [0.3, 0.4) is 0 Å². The Labute approximate surface area is 236 Å². The topological polar surface area (TPSA) is 82.9 Å². The summed E-state index contributed by atoms with van der Waals surface area (Å²) in [6.45, 7) is 12.6. The van der Waals surface area contributed by atoms with Crippen LogP contribution < -0.4 is 10.2 Å². The number of anilines is 2. The average Bonchev–Trinajstić information content (AvgIpc) is 3.72. The Morgan fingerprint density at radius 2 is 1.79 bits per heavy atom. The molecule has 10 heteroatoms. The highest BCUT2D eigenvalue weighted by molar-refractivity contribution is 6.30. The highest BCUT2D eigenvalue weighted by atomic mass is 35.5. The van der Waals surface area contributed by atoms with Crippen LogP contribution in [0.2, 0.25) is 5.02 Å². The number of ether oxygens (including phenoxy) is 1. The maximum Gasteiger partial charge on any atom is 0.344 e. The Hall–Kier alpha value is -2.62. The number of nitrogens with zero attached hydrogens (tertiary/aromatic N) is 5. The molecular formula is C29H41ClN6O3. The van der Waals surface area contributed by atoms with Gasteiger partial charge in [-0.05, 0) is 49.9 Å². The number of amides is 2. The third kappa shape index (κ3) is 5.81. The van der Waals surface area contributed by atoms with Crippen molar-refractivity contribution in [3.63, 3.8) is 0 Å². The van der Waals surface area contributed by atoms with E-state index in [0.717, 1.165) is 63.7 Å². The number of aromatic nitrogens is 2. The number of carbonyl (C=O) groups is 2. The Morgan fingerprint density at radius 3 is 2.49 bits per heavy atom. The van der Waals surface area contributed by atoms with Crippen molar-refractivity contribution < 1.29 is 14.3 Å². The number of hydrogen-bond donors (Lipinski definition) is 1. The number of likely N-dealkylation sites (tertiary alicyclic amines) is 2. The SMILES string of the molecule is CC.CC(=O)Nc1ccn(C(=O)N2CCC3(CCCN3Cc3ccc(Cl)cc3N3CC4COCC4C3)CC2)n1. The molecule has 4 saturated heterocycles. The summed E-state index contributed by atoms with van der Waals surface area (Å²) in [5, 5.41) is 7.63. The lowest BCUT2D eigenvalue weighted by molar-refractivity contribution is -0.114. The summed E-state index contributed by atoms with van der Waals surface area (Å²) in [6, 6.07) is 7.87. The Kier molecular flexibility index (Phi) is 8.49. The lowest BCUT2D eigenvalue weighted by atomic mass is 9.84. The second kappa shape index (κ2) is 11.9. The second-order valence-electron chi connectivity index (χ2n) is 11.1. The Bertz CT molecular complexity index is 1170. The number of halogens is 1. The van der Waals surface area contributed by atoms with Gasteiger partial charge in [0.25, 0.3) is 0 Å². The van der Waals surface area contributed by atoms with E-state index in [1.165, 1.54) is 29.3 Å². The number of piperidine rings is 1. The van der Waals surface area contributed by atoms with Crippen molar-refractivity contribution in [2.45, 2.75) is 58.5 Å². The highest BCUT2D eigenvalue weighted by Gasteiger charge is 2.44. The average molecular weight is 557 g/mol. The van der Waals surface area contributed by atoms with Gasteiger partial charge in [-0.1, -0.05) is 31.5 Å². The fraction of sp³-hybridized carbons (Fsp3) is 0.621. The van der Waals surface area contributed by atoms with Crippen LogP contribution in [0.15, 0.2) is 30.5 Å². The number of carbonyl (C=O) groups excluding carboxylic acids is 2. The van der Waals surface area contributed by atoms with Gasteiger partial charge in [0.05, 0.1) is 13.2 Å². The molecule has 4 aliphatic rings. The summed E-state index contributed by atoms with van der Waals surface area (Å²) in [4.78, 5) is 31.4. The first-order valence-corrected chi connectivity index (χ1v) is 14.8. The molecule has 2 atom stereocenters. The third-order valence-electron chi connectivity index (χ3n) is 8.78. The zero-order valence-electron chi connectivity index (χ0n) is 23.4. The van der Waals surface area contributed by atoms with Crippen LogP contribution in [-0.4, -0.2) is 83.0 Å². The molecule has 2 unspecified atom stereocenters. The Balaban J connectivity index is 0.00000151. The van der Waals surface area contributed by atoms with Crippen molar-refractivity contribution in [1.29, 1.82) is 0 Å². The molecule has 1 spiro atoms. The minimum absolute atomic E-state index is 0.120. The first kappa shape index (κ1) is 27.9. The molecule has 39 heavy (non-hydrogen) atoms. The highest BCUT2D eigenvalue weighted by Crippen LogP contribution is 2.42. The molecule has 6 rings (SSSR count). The molecular weight excluding hydrogens is 516 g/mol. The van der Waals surface area contributed by atoms with E-state index in [0.29, 0.717) is 30.7 Å². The third-order valence-corrected chi connectivity index (χ3v) is 9.02. The van der Waals surface area contributed by atoms with Crippen molar-refractivity contribution in [3.8, 4) is 0 Å². The van der Waals surface area contributed by atoms with E-state index in [2.05, 4.69) is 32.3 Å². The summed E-state index contributed by atoms with van der Waals surface area (Å²) in [5.41, 5.74) is 2.73. The van der Waals surface area contributed by atoms with Crippen LogP contribution in [-0.2, 0) is 16.1 Å². The quantitative estimate of drug-likeness (QED) is 0.587. The van der Waals surface area contributed by atoms with E-state index < -0.39 is 0 Å². The second-order valence-corrected chi connectivity index (χ2v) is 11.5. The van der Waals surface area contributed by atoms with Gasteiger partial charge in [-0.25, -0.2) is 4.79 Å². The standard InChI is InChI=1S/C27H35ClN6O3.C2H6/c1-19(35)29-25-5-10-34(30-25)26(36)31-11-7-27(8-12-31)6-2-9-33(27)16-20-3-4-23(28)13-24(20)32-14-21-17-37-18-22(21)15-32;1-2/h3-5,10,13,21-22H,2,6-9,11-12,14-18H2,1H3,(H,29,30,35);1-2H3. The first-order chi connectivity index (χ1) is 18.9. The smallest absolute Gasteiger partial charge is 0.344 e. The largest absolute Gasteiger partial charge is 0.381 e. The molecule has 4 aliphatic heterocycles. The van der Waals surface area contributed by atoms with Gasteiger partial charge in [0.2, 0.25) is 5.91 Å². The van der Waals surface area contributed by atoms with Crippen molar-refractivity contribution in [1.82, 2.24) is 19.6 Å². The molecule has 0 radical (unpaired) electrons. The summed E-state index contributed by atoms with van der Waals surface area (Å²) in [6.07, 6.45) is 5.86. The fourth-order valence-corrected chi connectivity index (χ4v) is 6.96. The number of hydrogen-bond acceptors (Lipinski definition) is 6. The van der Waals surface area contributed by atoms with Gasteiger partial charge < -0.3 is 19.9 Å². The van der Waals surface area contributed by atoms with Crippen LogP contribution in [0.5, 0.6) is 0 Å². The zero-order chi connectivity index (χ0) is 27.6. The number of fused-ring (bicyclic) bond motifs is 1. The maximum atomic E-state index is 13.1. The minimum Gasteiger partial charge on any atom is -0.381 e. The van der Waals surface area contributed by atoms with Crippen molar-refractivity contribution in [2.24, 2.45) is 11.8 Å². The number of benzene rings is 1. The van der Waals surface area contributed by atoms with Gasteiger partial charge in [0.15, 0.2) is 5.82 Å². The molecule has 2 aromatic rings. The molecule has 1 aromatic heterocycles. The first-order valence-electron chi connectivity index (χ1n) is 14.4. The van der Waals surface area contributed by atoms with Crippen molar-refractivity contribution >= 4 is 35.0 Å². The van der Waals surface area contributed by atoms with Crippen LogP contribution in [0, 0.1) is 11.8 Å². The molecule has 0 saturated carbocycles. The fourth-order valence-electron chi connectivity index (χ4n) is 6.80. The summed E-state index contributed by atoms with van der Waals surface area (Å²) < 4.78 is 7.02. The van der Waals surface area contributed by atoms with E-state index >= 15 is 0 Å². The maximum absolute atomic E-state index is 13.1. The zero-order valence-corrected chi connectivity index (χ0v) is 24.1. The van der Waals surface area contributed by atoms with E-state index in [9.17, 15) is 9.59 Å². The molecule has 0 bridgehead atoms. The van der Waals surface area contributed by atoms with E-state index in [1.807, 2.05) is 24.8 Å². The molecule has 1 N–H and O–H groups in total. The van der Waals surface area contributed by atoms with Gasteiger partial charge in [-0.2, -0.15) is 4.68 Å². The van der Waals surface area contributed by atoms with Gasteiger partial charge in [-0.15, -0.1) is 5.10 Å². The molecule has 1 aromatic carbocycles. The summed E-state index contributed by atoms with van der Waals surface area (Å²) >= 11 is 6.47. The Morgan fingerprint density at radius 1 is 1.08 bits per heavy atom. The van der Waals surface area contributed by atoms with Gasteiger partial charge in [0, 0.05) is 80.0 Å². The van der Waals surface area contributed by atoms with E-state index in [-0.39, 0.29) is 17.5 Å². The van der Waals surface area contributed by atoms with E-state index in [1.54, 1.807) is 12.3 Å². The number of rotatable bonds is 4. The summed E-state index contributed by atoms with van der Waals surface area (Å²) in [7, 11) is 0. The van der Waals surface area contributed by atoms with Gasteiger partial charge >= 0.3 is 6.03 Å². The molecule has 9 nitrogen and oxygen atoms in total. The normalized spacial score (nSPS) is 24.0. The lowest BCUT2D eigenvalue weighted by Gasteiger charge is -2.45. The molecule has 0 aliphatic carbocycles. The van der Waals surface area contributed by atoms with Crippen LogP contribution in [0.1, 0.15) is 52.0 Å². The molecule has 4 fully saturated rings. The van der Waals surface area contributed by atoms with Crippen LogP contribution in [0.4, 0.5) is 16.3 Å². The van der Waals surface area contributed by atoms with Crippen LogP contribution >= 0.6 is 11.6 Å². The predicted molar refractivity (Wildman–Crippen MR) is 153 cm³/mol. The number of nitrogens with one attached hydrogen (secondary N) is 1. The van der Waals surface area contributed by atoms with Gasteiger partial charge in [0.1, 0.15) is 0 Å². The van der Waals surface area contributed by atoms with Crippen molar-refractivity contribution in [3.05, 3.63) is 41.0 Å².